The lowest BCUT2D eigenvalue weighted by molar-refractivity contribution is -0.145. The van der Waals surface area contributed by atoms with E-state index in [0.717, 1.165) is 30.3 Å². The molecule has 3 fully saturated rings. The highest BCUT2D eigenvalue weighted by atomic mass is 35.5. The number of rotatable bonds is 5. The average molecular weight is 463 g/mol. The Kier molecular flexibility index (Phi) is 10.2. The molecule has 2 aromatic heterocycles. The summed E-state index contributed by atoms with van der Waals surface area (Å²) in [5.41, 5.74) is 2.33. The smallest absolute Gasteiger partial charge is 0.309 e. The molecule has 3 aliphatic rings. The summed E-state index contributed by atoms with van der Waals surface area (Å²) in [6.07, 6.45) is 7.61. The van der Waals surface area contributed by atoms with Gasteiger partial charge in [-0.2, -0.15) is 0 Å². The number of nitrogens with zero attached hydrogens (tertiary/aromatic N) is 2. The molecule has 0 radical (unpaired) electrons. The third-order valence-corrected chi connectivity index (χ3v) is 6.49. The van der Waals surface area contributed by atoms with Crippen molar-refractivity contribution in [2.45, 2.75) is 66.7 Å². The molecule has 2 heterocycles. The molecule has 5 rings (SSSR count). The number of alkyl halides is 1. The van der Waals surface area contributed by atoms with Crippen molar-refractivity contribution in [1.29, 1.82) is 0 Å². The van der Waals surface area contributed by atoms with Gasteiger partial charge in [-0.3, -0.25) is 9.59 Å². The fraction of sp³-hybridized carbons (Fsp3) is 0.654. The van der Waals surface area contributed by atoms with Crippen LogP contribution in [0.5, 0.6) is 0 Å². The molecule has 0 aromatic carbocycles. The fourth-order valence-corrected chi connectivity index (χ4v) is 3.84. The summed E-state index contributed by atoms with van der Waals surface area (Å²) in [5.74, 6) is 3.70. The quantitative estimate of drug-likeness (QED) is 0.395. The monoisotopic (exact) mass is 462 g/mol. The number of carbonyl (C=O) groups excluding carboxylic acids is 2. The Morgan fingerprint density at radius 2 is 1.66 bits per heavy atom. The topological polar surface area (TPSA) is 60.7 Å². The first-order chi connectivity index (χ1) is 15.3. The first-order valence-corrected chi connectivity index (χ1v) is 12.6. The largest absolute Gasteiger partial charge is 0.466 e. The standard InChI is InChI=1S/C11H12N2.C7H12O2.C6H9ClO.C2H6/c1-8-6-9(8)10-7-13-5-3-2-4-11(13)12-10;1-3-9-7(8)6-4-5(6)2;1-4-2-5(4)6(8)3-7;1-2/h2-5,7-9H,6H2,1H3;5-6H,3-4H2,1-2H3;4-5H,2-3H2,1H3;1-2H3. The summed E-state index contributed by atoms with van der Waals surface area (Å²) in [5, 5.41) is 0. The number of pyridine rings is 1. The van der Waals surface area contributed by atoms with E-state index < -0.39 is 0 Å². The summed E-state index contributed by atoms with van der Waals surface area (Å²) < 4.78 is 6.89. The van der Waals surface area contributed by atoms with Gasteiger partial charge < -0.3 is 9.14 Å². The number of carbonyl (C=O) groups is 2. The van der Waals surface area contributed by atoms with Crippen molar-refractivity contribution in [2.75, 3.05) is 12.5 Å². The number of aromatic nitrogens is 2. The van der Waals surface area contributed by atoms with Crippen molar-refractivity contribution < 1.29 is 14.3 Å². The maximum atomic E-state index is 10.8. The van der Waals surface area contributed by atoms with Crippen LogP contribution in [0.4, 0.5) is 0 Å². The summed E-state index contributed by atoms with van der Waals surface area (Å²) in [7, 11) is 0. The second kappa shape index (κ2) is 12.4. The van der Waals surface area contributed by atoms with Crippen LogP contribution < -0.4 is 0 Å². The van der Waals surface area contributed by atoms with Gasteiger partial charge in [0, 0.05) is 24.2 Å². The van der Waals surface area contributed by atoms with Gasteiger partial charge in [0.15, 0.2) is 5.78 Å². The predicted molar refractivity (Wildman–Crippen MR) is 130 cm³/mol. The highest BCUT2D eigenvalue weighted by Gasteiger charge is 2.40. The van der Waals surface area contributed by atoms with Gasteiger partial charge in [0.1, 0.15) is 5.65 Å². The lowest BCUT2D eigenvalue weighted by Gasteiger charge is -1.96. The van der Waals surface area contributed by atoms with E-state index in [2.05, 4.69) is 48.6 Å². The first kappa shape index (κ1) is 26.4. The van der Waals surface area contributed by atoms with Gasteiger partial charge in [0.25, 0.3) is 0 Å². The molecule has 0 aliphatic heterocycles. The van der Waals surface area contributed by atoms with E-state index in [-0.39, 0.29) is 23.6 Å². The van der Waals surface area contributed by atoms with E-state index in [1.54, 1.807) is 0 Å². The van der Waals surface area contributed by atoms with Crippen molar-refractivity contribution in [1.82, 2.24) is 9.38 Å². The molecule has 6 unspecified atom stereocenters. The number of fused-ring (bicyclic) bond motifs is 1. The SMILES string of the molecule is CC.CC1CC1C(=O)CCl.CC1CC1c1cn2ccccc2n1.CCOC(=O)C1CC1C. The molecular weight excluding hydrogens is 424 g/mol. The predicted octanol–water partition coefficient (Wildman–Crippen LogP) is 6.14. The number of ketones is 1. The lowest BCUT2D eigenvalue weighted by Crippen LogP contribution is -2.06. The molecule has 0 amide bonds. The molecule has 6 heteroatoms. The zero-order valence-corrected chi connectivity index (χ0v) is 21.1. The van der Waals surface area contributed by atoms with Crippen LogP contribution in [0.3, 0.4) is 0 Å². The number of esters is 1. The number of ether oxygens (including phenoxy) is 1. The minimum atomic E-state index is -0.00926. The molecule has 6 atom stereocenters. The Morgan fingerprint density at radius 3 is 2.06 bits per heavy atom. The molecule has 5 nitrogen and oxygen atoms in total. The van der Waals surface area contributed by atoms with Gasteiger partial charge in [-0.05, 0) is 56.1 Å². The van der Waals surface area contributed by atoms with E-state index >= 15 is 0 Å². The van der Waals surface area contributed by atoms with E-state index in [0.29, 0.717) is 24.4 Å². The van der Waals surface area contributed by atoms with Crippen LogP contribution in [-0.2, 0) is 14.3 Å². The molecule has 0 spiro atoms. The summed E-state index contributed by atoms with van der Waals surface area (Å²) in [6, 6.07) is 6.12. The highest BCUT2D eigenvalue weighted by Crippen LogP contribution is 2.46. The number of halogens is 1. The third kappa shape index (κ3) is 7.61. The Hall–Kier alpha value is -1.88. The molecule has 3 aliphatic carbocycles. The van der Waals surface area contributed by atoms with Crippen molar-refractivity contribution >= 4 is 29.0 Å². The number of hydrogen-bond acceptors (Lipinski definition) is 4. The van der Waals surface area contributed by atoms with Gasteiger partial charge in [-0.15, -0.1) is 11.6 Å². The Labute approximate surface area is 197 Å². The summed E-state index contributed by atoms with van der Waals surface area (Å²) >= 11 is 5.30. The van der Waals surface area contributed by atoms with Crippen LogP contribution in [0.25, 0.3) is 5.65 Å². The van der Waals surface area contributed by atoms with E-state index in [9.17, 15) is 9.59 Å². The molecule has 0 N–H and O–H groups in total. The van der Waals surface area contributed by atoms with E-state index in [4.69, 9.17) is 16.3 Å². The Bertz CT molecular complexity index is 848. The maximum absolute atomic E-state index is 10.8. The molecular formula is C26H39ClN2O3. The van der Waals surface area contributed by atoms with Gasteiger partial charge >= 0.3 is 5.97 Å². The lowest BCUT2D eigenvalue weighted by atomic mass is 10.2. The Morgan fingerprint density at radius 1 is 1.06 bits per heavy atom. The van der Waals surface area contributed by atoms with Crippen molar-refractivity contribution in [3.63, 3.8) is 0 Å². The molecule has 2 aromatic rings. The number of imidazole rings is 1. The molecule has 178 valence electrons. The van der Waals surface area contributed by atoms with Gasteiger partial charge in [-0.25, -0.2) is 4.98 Å². The van der Waals surface area contributed by atoms with Gasteiger partial charge in [-0.1, -0.05) is 40.7 Å². The molecule has 0 saturated heterocycles. The summed E-state index contributed by atoms with van der Waals surface area (Å²) in [4.78, 5) is 26.0. The molecule has 32 heavy (non-hydrogen) atoms. The zero-order chi connectivity index (χ0) is 23.8. The molecule has 3 saturated carbocycles. The van der Waals surface area contributed by atoms with E-state index in [1.165, 1.54) is 12.1 Å². The van der Waals surface area contributed by atoms with Crippen molar-refractivity contribution in [3.05, 3.63) is 36.3 Å². The number of hydrogen-bond donors (Lipinski definition) is 0. The van der Waals surface area contributed by atoms with E-state index in [1.807, 2.05) is 32.9 Å². The van der Waals surface area contributed by atoms with Crippen molar-refractivity contribution in [2.24, 2.45) is 29.6 Å². The zero-order valence-electron chi connectivity index (χ0n) is 20.4. The van der Waals surface area contributed by atoms with Crippen LogP contribution in [0.1, 0.15) is 72.4 Å². The average Bonchev–Trinajstić information content (AvgIpc) is 3.75. The first-order valence-electron chi connectivity index (χ1n) is 12.0. The number of Topliss-reactive ketones (excluding diaryl/α,β-unsaturated/α-hetero) is 1. The van der Waals surface area contributed by atoms with Crippen LogP contribution >= 0.6 is 11.6 Å². The minimum Gasteiger partial charge on any atom is -0.466 e. The fourth-order valence-electron chi connectivity index (χ4n) is 3.64. The second-order valence-corrected chi connectivity index (χ2v) is 9.21. The minimum absolute atomic E-state index is 0.00926. The summed E-state index contributed by atoms with van der Waals surface area (Å²) in [6.45, 7) is 12.8. The van der Waals surface area contributed by atoms with Crippen LogP contribution in [0.2, 0.25) is 0 Å². The second-order valence-electron chi connectivity index (χ2n) is 8.94. The van der Waals surface area contributed by atoms with Crippen LogP contribution in [0, 0.1) is 29.6 Å². The third-order valence-electron chi connectivity index (χ3n) is 6.23. The van der Waals surface area contributed by atoms with Gasteiger partial charge in [0.05, 0.1) is 24.1 Å². The molecule has 0 bridgehead atoms. The van der Waals surface area contributed by atoms with Gasteiger partial charge in [0.2, 0.25) is 0 Å². The Balaban J connectivity index is 0.000000170. The normalized spacial score (nSPS) is 28.6. The van der Waals surface area contributed by atoms with Crippen LogP contribution in [0.15, 0.2) is 30.6 Å². The highest BCUT2D eigenvalue weighted by molar-refractivity contribution is 6.28. The maximum Gasteiger partial charge on any atom is 0.309 e. The van der Waals surface area contributed by atoms with Crippen LogP contribution in [-0.4, -0.2) is 33.6 Å². The van der Waals surface area contributed by atoms with Crippen molar-refractivity contribution in [3.8, 4) is 0 Å².